The normalized spacial score (nSPS) is 22.0. The predicted molar refractivity (Wildman–Crippen MR) is 89.8 cm³/mol. The molecule has 1 atom stereocenters. The molecular formula is C18H21N5O2. The second-order valence-corrected chi connectivity index (χ2v) is 6.51. The van der Waals surface area contributed by atoms with E-state index in [9.17, 15) is 0 Å². The van der Waals surface area contributed by atoms with Crippen LogP contribution >= 0.6 is 0 Å². The van der Waals surface area contributed by atoms with Crippen LogP contribution in [0.25, 0.3) is 0 Å². The average molecular weight is 339 g/mol. The van der Waals surface area contributed by atoms with Crippen LogP contribution in [0, 0.1) is 11.3 Å². The van der Waals surface area contributed by atoms with Crippen LogP contribution in [0.1, 0.15) is 24.1 Å². The molecule has 0 radical (unpaired) electrons. The molecule has 2 aliphatic rings. The SMILES string of the molecule is N#Cc1ccc(O[C@H]2CN(C3CCOCC3)Cc3ccnn3C2)nc1. The van der Waals surface area contributed by atoms with E-state index in [1.807, 2.05) is 10.9 Å². The fourth-order valence-electron chi connectivity index (χ4n) is 3.53. The summed E-state index contributed by atoms with van der Waals surface area (Å²) in [6, 6.07) is 8.15. The molecule has 1 fully saturated rings. The van der Waals surface area contributed by atoms with E-state index in [1.54, 1.807) is 18.3 Å². The van der Waals surface area contributed by atoms with Gasteiger partial charge in [-0.05, 0) is 25.0 Å². The van der Waals surface area contributed by atoms with Gasteiger partial charge in [0, 0.05) is 50.8 Å². The van der Waals surface area contributed by atoms with Gasteiger partial charge < -0.3 is 9.47 Å². The Balaban J connectivity index is 1.52. The fraction of sp³-hybridized carbons (Fsp3) is 0.500. The summed E-state index contributed by atoms with van der Waals surface area (Å²) in [7, 11) is 0. The first-order chi connectivity index (χ1) is 12.3. The van der Waals surface area contributed by atoms with Gasteiger partial charge in [-0.1, -0.05) is 0 Å². The molecule has 0 N–H and O–H groups in total. The maximum atomic E-state index is 8.89. The molecule has 7 heteroatoms. The lowest BCUT2D eigenvalue weighted by molar-refractivity contribution is 0.0165. The maximum Gasteiger partial charge on any atom is 0.213 e. The largest absolute Gasteiger partial charge is 0.471 e. The molecule has 4 rings (SSSR count). The van der Waals surface area contributed by atoms with Gasteiger partial charge in [-0.15, -0.1) is 0 Å². The van der Waals surface area contributed by atoms with Crippen molar-refractivity contribution >= 4 is 0 Å². The summed E-state index contributed by atoms with van der Waals surface area (Å²) >= 11 is 0. The second kappa shape index (κ2) is 7.21. The monoisotopic (exact) mass is 339 g/mol. The second-order valence-electron chi connectivity index (χ2n) is 6.51. The Kier molecular flexibility index (Phi) is 4.63. The van der Waals surface area contributed by atoms with Crippen molar-refractivity contribution in [3.8, 4) is 11.9 Å². The van der Waals surface area contributed by atoms with E-state index in [-0.39, 0.29) is 6.10 Å². The summed E-state index contributed by atoms with van der Waals surface area (Å²) in [5.41, 5.74) is 1.75. The number of nitriles is 1. The Morgan fingerprint density at radius 2 is 2.08 bits per heavy atom. The summed E-state index contributed by atoms with van der Waals surface area (Å²) in [6.07, 6.45) is 5.46. The van der Waals surface area contributed by atoms with Crippen LogP contribution in [0.15, 0.2) is 30.6 Å². The lowest BCUT2D eigenvalue weighted by Gasteiger charge is -2.34. The molecule has 1 saturated heterocycles. The molecule has 0 amide bonds. The van der Waals surface area contributed by atoms with Gasteiger partial charge in [-0.25, -0.2) is 4.98 Å². The number of rotatable bonds is 3. The number of hydrogen-bond donors (Lipinski definition) is 0. The minimum atomic E-state index is -0.0376. The van der Waals surface area contributed by atoms with Crippen molar-refractivity contribution in [1.29, 1.82) is 5.26 Å². The molecule has 4 heterocycles. The molecule has 25 heavy (non-hydrogen) atoms. The third-order valence-electron chi connectivity index (χ3n) is 4.84. The van der Waals surface area contributed by atoms with Crippen LogP contribution in [0.2, 0.25) is 0 Å². The van der Waals surface area contributed by atoms with Crippen LogP contribution in [0.4, 0.5) is 0 Å². The Bertz CT molecular complexity index is 746. The van der Waals surface area contributed by atoms with E-state index < -0.39 is 0 Å². The molecule has 2 aliphatic heterocycles. The molecular weight excluding hydrogens is 318 g/mol. The number of nitrogens with zero attached hydrogens (tertiary/aromatic N) is 5. The van der Waals surface area contributed by atoms with Crippen molar-refractivity contribution in [2.24, 2.45) is 0 Å². The molecule has 0 unspecified atom stereocenters. The quantitative estimate of drug-likeness (QED) is 0.845. The van der Waals surface area contributed by atoms with Crippen LogP contribution in [0.3, 0.4) is 0 Å². The van der Waals surface area contributed by atoms with Crippen molar-refractivity contribution in [1.82, 2.24) is 19.7 Å². The van der Waals surface area contributed by atoms with Crippen molar-refractivity contribution in [3.05, 3.63) is 41.9 Å². The lowest BCUT2D eigenvalue weighted by atomic mass is 10.1. The van der Waals surface area contributed by atoms with Gasteiger partial charge >= 0.3 is 0 Å². The minimum Gasteiger partial charge on any atom is -0.471 e. The zero-order chi connectivity index (χ0) is 17.1. The number of aromatic nitrogens is 3. The summed E-state index contributed by atoms with van der Waals surface area (Å²) in [5.74, 6) is 0.548. The van der Waals surface area contributed by atoms with Gasteiger partial charge in [-0.3, -0.25) is 9.58 Å². The first kappa shape index (κ1) is 16.1. The molecule has 0 saturated carbocycles. The average Bonchev–Trinajstić information content (AvgIpc) is 3.01. The molecule has 0 aromatic carbocycles. The summed E-state index contributed by atoms with van der Waals surface area (Å²) < 4.78 is 13.7. The van der Waals surface area contributed by atoms with Crippen LogP contribution in [-0.2, 0) is 17.8 Å². The summed E-state index contributed by atoms with van der Waals surface area (Å²) in [5, 5.41) is 13.3. The number of ether oxygens (including phenoxy) is 2. The summed E-state index contributed by atoms with van der Waals surface area (Å²) in [4.78, 5) is 6.73. The first-order valence-electron chi connectivity index (χ1n) is 8.67. The molecule has 2 aromatic heterocycles. The maximum absolute atomic E-state index is 8.89. The predicted octanol–water partition coefficient (Wildman–Crippen LogP) is 1.59. The van der Waals surface area contributed by atoms with Gasteiger partial charge in [-0.2, -0.15) is 10.4 Å². The molecule has 0 aliphatic carbocycles. The summed E-state index contributed by atoms with van der Waals surface area (Å²) in [6.45, 7) is 4.05. The lowest BCUT2D eigenvalue weighted by Crippen LogP contribution is -2.43. The van der Waals surface area contributed by atoms with Crippen molar-refractivity contribution < 1.29 is 9.47 Å². The minimum absolute atomic E-state index is 0.0376. The van der Waals surface area contributed by atoms with Gasteiger partial charge in [0.1, 0.15) is 12.2 Å². The van der Waals surface area contributed by atoms with E-state index in [0.29, 0.717) is 24.0 Å². The Hall–Kier alpha value is -2.43. The van der Waals surface area contributed by atoms with Gasteiger partial charge in [0.15, 0.2) is 0 Å². The van der Waals surface area contributed by atoms with Crippen molar-refractivity contribution in [2.75, 3.05) is 19.8 Å². The highest BCUT2D eigenvalue weighted by molar-refractivity contribution is 5.28. The molecule has 0 spiro atoms. The number of fused-ring (bicyclic) bond motifs is 1. The first-order valence-corrected chi connectivity index (χ1v) is 8.67. The van der Waals surface area contributed by atoms with Crippen LogP contribution in [-0.4, -0.2) is 51.6 Å². The smallest absolute Gasteiger partial charge is 0.213 e. The molecule has 2 aromatic rings. The van der Waals surface area contributed by atoms with Gasteiger partial charge in [0.25, 0.3) is 0 Å². The fourth-order valence-corrected chi connectivity index (χ4v) is 3.53. The number of pyridine rings is 1. The Morgan fingerprint density at radius 1 is 1.20 bits per heavy atom. The highest BCUT2D eigenvalue weighted by atomic mass is 16.5. The van der Waals surface area contributed by atoms with Crippen LogP contribution in [0.5, 0.6) is 5.88 Å². The van der Waals surface area contributed by atoms with Crippen molar-refractivity contribution in [2.45, 2.75) is 38.1 Å². The van der Waals surface area contributed by atoms with Crippen molar-refractivity contribution in [3.63, 3.8) is 0 Å². The highest BCUT2D eigenvalue weighted by Gasteiger charge is 2.29. The van der Waals surface area contributed by atoms with E-state index in [4.69, 9.17) is 14.7 Å². The molecule has 130 valence electrons. The van der Waals surface area contributed by atoms with E-state index in [1.165, 1.54) is 5.69 Å². The zero-order valence-electron chi connectivity index (χ0n) is 14.0. The third kappa shape index (κ3) is 3.65. The molecule has 7 nitrogen and oxygen atoms in total. The van der Waals surface area contributed by atoms with E-state index in [0.717, 1.165) is 39.1 Å². The van der Waals surface area contributed by atoms with E-state index in [2.05, 4.69) is 27.1 Å². The Morgan fingerprint density at radius 3 is 2.84 bits per heavy atom. The topological polar surface area (TPSA) is 76.2 Å². The van der Waals surface area contributed by atoms with Crippen LogP contribution < -0.4 is 4.74 Å². The van der Waals surface area contributed by atoms with Gasteiger partial charge in [0.2, 0.25) is 5.88 Å². The Labute approximate surface area is 146 Å². The standard InChI is InChI=1S/C18H21N5O2/c19-9-14-1-2-18(20-10-14)25-17-12-22(15-4-7-24-8-5-15)11-16-3-6-21-23(16)13-17/h1-3,6,10,15,17H,4-5,7-8,11-13H2/t17-/m0/s1. The molecule has 0 bridgehead atoms. The number of hydrogen-bond acceptors (Lipinski definition) is 6. The van der Waals surface area contributed by atoms with E-state index >= 15 is 0 Å². The zero-order valence-corrected chi connectivity index (χ0v) is 14.0. The highest BCUT2D eigenvalue weighted by Crippen LogP contribution is 2.22. The van der Waals surface area contributed by atoms with Gasteiger partial charge in [0.05, 0.1) is 17.8 Å². The third-order valence-corrected chi connectivity index (χ3v) is 4.84.